The van der Waals surface area contributed by atoms with Crippen molar-refractivity contribution in [3.8, 4) is 23.0 Å². The monoisotopic (exact) mass is 648 g/mol. The maximum atomic E-state index is 13.8. The van der Waals surface area contributed by atoms with Crippen LogP contribution in [-0.4, -0.2) is 20.4 Å². The van der Waals surface area contributed by atoms with Crippen molar-refractivity contribution >= 4 is 50.5 Å². The van der Waals surface area contributed by atoms with Gasteiger partial charge in [0.05, 0.1) is 17.1 Å². The van der Waals surface area contributed by atoms with Crippen LogP contribution in [0.2, 0.25) is 5.02 Å². The molecule has 0 aliphatic rings. The maximum Gasteiger partial charge on any atom is 0.282 e. The quantitative estimate of drug-likeness (QED) is 0.161. The Labute approximate surface area is 280 Å². The molecule has 0 fully saturated rings. The molecule has 0 bridgehead atoms. The van der Waals surface area contributed by atoms with Gasteiger partial charge in [-0.2, -0.15) is 9.78 Å². The first-order valence-corrected chi connectivity index (χ1v) is 16.0. The Balaban J connectivity index is 1.10. The van der Waals surface area contributed by atoms with E-state index in [-0.39, 0.29) is 5.56 Å². The summed E-state index contributed by atoms with van der Waals surface area (Å²) in [5, 5.41) is 8.94. The van der Waals surface area contributed by atoms with Gasteiger partial charge in [0.25, 0.3) is 5.56 Å². The Bertz CT molecular complexity index is 2570. The summed E-state index contributed by atoms with van der Waals surface area (Å²) in [6.07, 6.45) is 1.70. The number of ether oxygens (including phenoxy) is 1. The summed E-state index contributed by atoms with van der Waals surface area (Å²) in [7, 11) is 0. The van der Waals surface area contributed by atoms with Gasteiger partial charge in [0.2, 0.25) is 5.82 Å². The molecule has 48 heavy (non-hydrogen) atoms. The second kappa shape index (κ2) is 12.0. The van der Waals surface area contributed by atoms with Crippen molar-refractivity contribution in [2.45, 2.75) is 20.5 Å². The second-order valence-corrected chi connectivity index (χ2v) is 12.1. The van der Waals surface area contributed by atoms with Crippen molar-refractivity contribution in [1.82, 2.24) is 14.2 Å². The van der Waals surface area contributed by atoms with Gasteiger partial charge < -0.3 is 13.7 Å². The first-order valence-electron chi connectivity index (χ1n) is 15.6. The third kappa shape index (κ3) is 5.34. The largest absolute Gasteiger partial charge is 0.489 e. The van der Waals surface area contributed by atoms with Gasteiger partial charge in [-0.05, 0) is 96.9 Å². The highest BCUT2D eigenvalue weighted by atomic mass is 35.5. The summed E-state index contributed by atoms with van der Waals surface area (Å²) in [6, 6.07) is 39.1. The molecule has 8 aromatic rings. The lowest BCUT2D eigenvalue weighted by atomic mass is 10.1. The van der Waals surface area contributed by atoms with E-state index in [0.717, 1.165) is 39.3 Å². The number of nitrogens with zero attached hydrogens (tertiary/aromatic N) is 4. The second-order valence-electron chi connectivity index (χ2n) is 11.7. The van der Waals surface area contributed by atoms with E-state index < -0.39 is 0 Å². The molecule has 0 saturated carbocycles. The van der Waals surface area contributed by atoms with E-state index in [4.69, 9.17) is 25.7 Å². The molecule has 5 aromatic carbocycles. The molecule has 0 amide bonds. The number of aryl methyl sites for hydroxylation is 1. The van der Waals surface area contributed by atoms with E-state index in [9.17, 15) is 4.79 Å². The Hall–Kier alpha value is -5.92. The Morgan fingerprint density at radius 1 is 0.833 bits per heavy atom. The van der Waals surface area contributed by atoms with Gasteiger partial charge in [0, 0.05) is 33.0 Å². The average molecular weight is 649 g/mol. The number of benzene rings is 5. The summed E-state index contributed by atoms with van der Waals surface area (Å²) < 4.78 is 15.7. The highest BCUT2D eigenvalue weighted by Crippen LogP contribution is 2.30. The van der Waals surface area contributed by atoms with Crippen LogP contribution in [0, 0.1) is 13.8 Å². The summed E-state index contributed by atoms with van der Waals surface area (Å²) >= 11 is 6.22. The molecule has 0 atom stereocenters. The maximum absolute atomic E-state index is 13.8. The van der Waals surface area contributed by atoms with Crippen molar-refractivity contribution in [3.63, 3.8) is 0 Å². The molecule has 0 aliphatic carbocycles. The van der Waals surface area contributed by atoms with Crippen LogP contribution in [0.5, 0.6) is 5.75 Å². The number of para-hydroxylation sites is 1. The van der Waals surface area contributed by atoms with Crippen molar-refractivity contribution in [1.29, 1.82) is 0 Å². The molecule has 7 nitrogen and oxygen atoms in total. The van der Waals surface area contributed by atoms with Crippen LogP contribution in [0.3, 0.4) is 0 Å². The fourth-order valence-corrected chi connectivity index (χ4v) is 6.40. The molecular formula is C40H29ClN4O3. The molecule has 8 heteroatoms. The van der Waals surface area contributed by atoms with Gasteiger partial charge >= 0.3 is 0 Å². The van der Waals surface area contributed by atoms with Gasteiger partial charge in [0.15, 0.2) is 5.76 Å². The van der Waals surface area contributed by atoms with Crippen LogP contribution in [0.4, 0.5) is 0 Å². The van der Waals surface area contributed by atoms with E-state index in [1.165, 1.54) is 15.4 Å². The topological polar surface area (TPSA) is 74.5 Å². The zero-order chi connectivity index (χ0) is 32.8. The SMILES string of the molecule is Cc1cc(C=Nn2c(-c3cc4cc(Cl)ccc4o3)nc3ccccc3c2=O)c(C)n1-c1ccc(OCc2cccc3ccccc23)cc1. The number of halogens is 1. The number of hydrogen-bond acceptors (Lipinski definition) is 5. The van der Waals surface area contributed by atoms with E-state index in [1.54, 1.807) is 30.5 Å². The van der Waals surface area contributed by atoms with Crippen LogP contribution in [0.1, 0.15) is 22.5 Å². The smallest absolute Gasteiger partial charge is 0.282 e. The van der Waals surface area contributed by atoms with Gasteiger partial charge in [-0.15, -0.1) is 0 Å². The fraction of sp³-hybridized carbons (Fsp3) is 0.0750. The number of furan rings is 1. The number of aromatic nitrogens is 3. The minimum atomic E-state index is -0.293. The van der Waals surface area contributed by atoms with Gasteiger partial charge in [-0.1, -0.05) is 66.2 Å². The molecule has 0 unspecified atom stereocenters. The molecular weight excluding hydrogens is 620 g/mol. The van der Waals surface area contributed by atoms with Gasteiger partial charge in [-0.25, -0.2) is 4.98 Å². The molecule has 0 spiro atoms. The lowest BCUT2D eigenvalue weighted by molar-refractivity contribution is 0.307. The Morgan fingerprint density at radius 3 is 2.46 bits per heavy atom. The number of fused-ring (bicyclic) bond motifs is 3. The molecule has 0 N–H and O–H groups in total. The molecule has 0 aliphatic heterocycles. The lowest BCUT2D eigenvalue weighted by Gasteiger charge is -2.12. The van der Waals surface area contributed by atoms with E-state index in [0.29, 0.717) is 39.7 Å². The number of hydrogen-bond donors (Lipinski definition) is 0. The van der Waals surface area contributed by atoms with Crippen LogP contribution in [-0.2, 0) is 6.61 Å². The Kier molecular flexibility index (Phi) is 7.39. The zero-order valence-electron chi connectivity index (χ0n) is 26.2. The third-order valence-corrected chi connectivity index (χ3v) is 8.84. The molecule has 234 valence electrons. The van der Waals surface area contributed by atoms with E-state index >= 15 is 0 Å². The molecule has 3 aromatic heterocycles. The minimum Gasteiger partial charge on any atom is -0.489 e. The van der Waals surface area contributed by atoms with Crippen molar-refractivity contribution < 1.29 is 9.15 Å². The van der Waals surface area contributed by atoms with E-state index in [1.807, 2.05) is 74.5 Å². The van der Waals surface area contributed by atoms with E-state index in [2.05, 4.69) is 46.1 Å². The normalized spacial score (nSPS) is 11.7. The number of rotatable bonds is 7. The summed E-state index contributed by atoms with van der Waals surface area (Å²) in [4.78, 5) is 18.6. The predicted octanol–water partition coefficient (Wildman–Crippen LogP) is 9.49. The Morgan fingerprint density at radius 2 is 1.60 bits per heavy atom. The van der Waals surface area contributed by atoms with Crippen LogP contribution in [0.15, 0.2) is 136 Å². The summed E-state index contributed by atoms with van der Waals surface area (Å²) in [5.74, 6) is 1.51. The first-order chi connectivity index (χ1) is 23.4. The van der Waals surface area contributed by atoms with Crippen molar-refractivity contribution in [2.24, 2.45) is 5.10 Å². The predicted molar refractivity (Wildman–Crippen MR) is 193 cm³/mol. The van der Waals surface area contributed by atoms with Crippen LogP contribution < -0.4 is 10.3 Å². The van der Waals surface area contributed by atoms with Crippen LogP contribution >= 0.6 is 11.6 Å². The minimum absolute atomic E-state index is 0.293. The van der Waals surface area contributed by atoms with Gasteiger partial charge in [0.1, 0.15) is 17.9 Å². The molecule has 3 heterocycles. The standard InChI is InChI=1S/C40H29ClN4O3/c1-25-20-30(26(2)44(25)32-15-17-33(18-16-32)47-24-28-10-7-9-27-8-3-4-11-34(27)28)23-42-45-39(43-36-13-6-5-12-35(36)40(45)46)38-22-29-21-31(41)14-19-37(29)48-38/h3-23H,24H2,1-2H3. The average Bonchev–Trinajstić information content (AvgIpc) is 3.65. The molecule has 8 rings (SSSR count). The summed E-state index contributed by atoms with van der Waals surface area (Å²) in [5.41, 5.74) is 5.91. The molecule has 0 saturated heterocycles. The lowest BCUT2D eigenvalue weighted by Crippen LogP contribution is -2.20. The fourth-order valence-electron chi connectivity index (χ4n) is 6.22. The first kappa shape index (κ1) is 29.5. The van der Waals surface area contributed by atoms with Gasteiger partial charge in [-0.3, -0.25) is 4.79 Å². The zero-order valence-corrected chi connectivity index (χ0v) is 27.0. The highest BCUT2D eigenvalue weighted by Gasteiger charge is 2.17. The van der Waals surface area contributed by atoms with Crippen LogP contribution in [0.25, 0.3) is 49.9 Å². The summed E-state index contributed by atoms with van der Waals surface area (Å²) in [6.45, 7) is 4.56. The van der Waals surface area contributed by atoms with Crippen molar-refractivity contribution in [2.75, 3.05) is 0 Å². The third-order valence-electron chi connectivity index (χ3n) is 8.60. The van der Waals surface area contributed by atoms with Crippen molar-refractivity contribution in [3.05, 3.63) is 159 Å². The highest BCUT2D eigenvalue weighted by molar-refractivity contribution is 6.31. The molecule has 0 radical (unpaired) electrons.